The quantitative estimate of drug-likeness (QED) is 0.467. The summed E-state index contributed by atoms with van der Waals surface area (Å²) < 4.78 is 0. The third-order valence-electron chi connectivity index (χ3n) is 1.30. The summed E-state index contributed by atoms with van der Waals surface area (Å²) >= 11 is 0. The van der Waals surface area contributed by atoms with E-state index in [1.807, 2.05) is 0 Å². The number of allylic oxidation sites excluding steroid dienone is 6. The number of hydrogen-bond acceptors (Lipinski definition) is 0. The number of rotatable bonds is 1. The SMILES string of the molecule is CC(C)=CC1C=CC=C1. The van der Waals surface area contributed by atoms with Crippen molar-refractivity contribution in [3.8, 4) is 0 Å². The Hall–Kier alpha value is -0.780. The molecule has 1 aliphatic carbocycles. The first-order valence-electron chi connectivity index (χ1n) is 3.29. The monoisotopic (exact) mass is 120 g/mol. The second kappa shape index (κ2) is 2.67. The Kier molecular flexibility index (Phi) is 1.88. The van der Waals surface area contributed by atoms with Crippen molar-refractivity contribution in [2.24, 2.45) is 5.92 Å². The Morgan fingerprint density at radius 1 is 1.22 bits per heavy atom. The van der Waals surface area contributed by atoms with Crippen molar-refractivity contribution in [2.75, 3.05) is 0 Å². The molecule has 1 aliphatic rings. The van der Waals surface area contributed by atoms with Crippen LogP contribution in [-0.2, 0) is 0 Å². The van der Waals surface area contributed by atoms with E-state index in [0.717, 1.165) is 0 Å². The van der Waals surface area contributed by atoms with E-state index in [1.165, 1.54) is 5.57 Å². The smallest absolute Gasteiger partial charge is 0.0136 e. The lowest BCUT2D eigenvalue weighted by molar-refractivity contribution is 1.06. The summed E-state index contributed by atoms with van der Waals surface area (Å²) in [4.78, 5) is 0. The molecule has 0 aromatic rings. The molecule has 0 heteroatoms. The fourth-order valence-corrected chi connectivity index (χ4v) is 0.945. The van der Waals surface area contributed by atoms with Crippen molar-refractivity contribution >= 4 is 0 Å². The van der Waals surface area contributed by atoms with Crippen LogP contribution in [-0.4, -0.2) is 0 Å². The molecule has 0 atom stereocenters. The van der Waals surface area contributed by atoms with Gasteiger partial charge in [0.05, 0.1) is 0 Å². The largest absolute Gasteiger partial charge is 0.0795 e. The molecule has 9 heavy (non-hydrogen) atoms. The molecular weight excluding hydrogens is 108 g/mol. The molecule has 0 amide bonds. The van der Waals surface area contributed by atoms with Gasteiger partial charge in [0.25, 0.3) is 0 Å². The first-order valence-corrected chi connectivity index (χ1v) is 3.29. The summed E-state index contributed by atoms with van der Waals surface area (Å²) in [5.41, 5.74) is 1.39. The maximum atomic E-state index is 2.25. The average Bonchev–Trinajstić information content (AvgIpc) is 2.15. The van der Waals surface area contributed by atoms with Gasteiger partial charge in [-0.25, -0.2) is 0 Å². The van der Waals surface area contributed by atoms with Gasteiger partial charge >= 0.3 is 0 Å². The molecule has 0 fully saturated rings. The molecule has 0 radical (unpaired) electrons. The van der Waals surface area contributed by atoms with E-state index in [1.54, 1.807) is 0 Å². The average molecular weight is 120 g/mol. The van der Waals surface area contributed by atoms with Crippen LogP contribution >= 0.6 is 0 Å². The normalized spacial score (nSPS) is 16.7. The van der Waals surface area contributed by atoms with Crippen LogP contribution < -0.4 is 0 Å². The van der Waals surface area contributed by atoms with Gasteiger partial charge in [0.1, 0.15) is 0 Å². The fraction of sp³-hybridized carbons (Fsp3) is 0.333. The highest BCUT2D eigenvalue weighted by Crippen LogP contribution is 2.11. The summed E-state index contributed by atoms with van der Waals surface area (Å²) in [6.07, 6.45) is 10.8. The molecule has 0 bridgehead atoms. The van der Waals surface area contributed by atoms with Gasteiger partial charge in [0.2, 0.25) is 0 Å². The Bertz CT molecular complexity index is 154. The van der Waals surface area contributed by atoms with Crippen LogP contribution in [0.2, 0.25) is 0 Å². The number of hydrogen-bond donors (Lipinski definition) is 0. The minimum atomic E-state index is 0.565. The molecular formula is C9H12. The van der Waals surface area contributed by atoms with Gasteiger partial charge < -0.3 is 0 Å². The maximum Gasteiger partial charge on any atom is 0.0136 e. The van der Waals surface area contributed by atoms with Gasteiger partial charge in [-0.05, 0) is 13.8 Å². The van der Waals surface area contributed by atoms with Crippen molar-refractivity contribution in [1.29, 1.82) is 0 Å². The lowest BCUT2D eigenvalue weighted by Gasteiger charge is -1.95. The molecule has 0 aromatic carbocycles. The first kappa shape index (κ1) is 6.34. The summed E-state index contributed by atoms with van der Waals surface area (Å²) in [5, 5.41) is 0. The van der Waals surface area contributed by atoms with Gasteiger partial charge in [0.15, 0.2) is 0 Å². The molecule has 0 unspecified atom stereocenters. The first-order chi connectivity index (χ1) is 4.29. The van der Waals surface area contributed by atoms with Crippen molar-refractivity contribution < 1.29 is 0 Å². The van der Waals surface area contributed by atoms with Gasteiger partial charge in [0, 0.05) is 5.92 Å². The minimum Gasteiger partial charge on any atom is -0.0795 e. The van der Waals surface area contributed by atoms with E-state index in [-0.39, 0.29) is 0 Å². The summed E-state index contributed by atoms with van der Waals surface area (Å²) in [5.74, 6) is 0.565. The lowest BCUT2D eigenvalue weighted by Crippen LogP contribution is -1.81. The van der Waals surface area contributed by atoms with E-state index in [4.69, 9.17) is 0 Å². The highest BCUT2D eigenvalue weighted by molar-refractivity contribution is 5.23. The van der Waals surface area contributed by atoms with Crippen LogP contribution in [0.4, 0.5) is 0 Å². The zero-order valence-corrected chi connectivity index (χ0v) is 5.96. The highest BCUT2D eigenvalue weighted by Gasteiger charge is 1.96. The lowest BCUT2D eigenvalue weighted by atomic mass is 10.1. The molecule has 1 rings (SSSR count). The highest BCUT2D eigenvalue weighted by atomic mass is 14.0. The van der Waals surface area contributed by atoms with Crippen molar-refractivity contribution in [3.63, 3.8) is 0 Å². The van der Waals surface area contributed by atoms with E-state index >= 15 is 0 Å². The van der Waals surface area contributed by atoms with Crippen molar-refractivity contribution in [2.45, 2.75) is 13.8 Å². The molecule has 0 N–H and O–H groups in total. The Balaban J connectivity index is 2.56. The standard InChI is InChI=1S/C9H12/c1-8(2)7-9-5-3-4-6-9/h3-7,9H,1-2H3. The Labute approximate surface area is 56.6 Å². The molecule has 0 spiro atoms. The van der Waals surface area contributed by atoms with Gasteiger partial charge in [-0.2, -0.15) is 0 Å². The van der Waals surface area contributed by atoms with Crippen LogP contribution in [0.3, 0.4) is 0 Å². The second-order valence-electron chi connectivity index (χ2n) is 2.59. The van der Waals surface area contributed by atoms with Crippen LogP contribution in [0.25, 0.3) is 0 Å². The molecule has 0 aromatic heterocycles. The molecule has 0 saturated heterocycles. The van der Waals surface area contributed by atoms with Crippen LogP contribution in [0.5, 0.6) is 0 Å². The summed E-state index contributed by atoms with van der Waals surface area (Å²) in [6, 6.07) is 0. The molecule has 0 aliphatic heterocycles. The van der Waals surface area contributed by atoms with E-state index in [9.17, 15) is 0 Å². The molecule has 0 nitrogen and oxygen atoms in total. The maximum absolute atomic E-state index is 2.25. The Morgan fingerprint density at radius 2 is 1.78 bits per heavy atom. The van der Waals surface area contributed by atoms with Crippen LogP contribution in [0.15, 0.2) is 36.0 Å². The van der Waals surface area contributed by atoms with Gasteiger partial charge in [-0.3, -0.25) is 0 Å². The van der Waals surface area contributed by atoms with Crippen molar-refractivity contribution in [1.82, 2.24) is 0 Å². The summed E-state index contributed by atoms with van der Waals surface area (Å²) in [6.45, 7) is 4.25. The topological polar surface area (TPSA) is 0 Å². The van der Waals surface area contributed by atoms with E-state index < -0.39 is 0 Å². The predicted molar refractivity (Wildman–Crippen MR) is 41.2 cm³/mol. The van der Waals surface area contributed by atoms with Gasteiger partial charge in [-0.15, -0.1) is 0 Å². The Morgan fingerprint density at radius 3 is 2.22 bits per heavy atom. The van der Waals surface area contributed by atoms with Crippen LogP contribution in [0, 0.1) is 5.92 Å². The molecule has 0 saturated carbocycles. The van der Waals surface area contributed by atoms with E-state index in [2.05, 4.69) is 44.2 Å². The van der Waals surface area contributed by atoms with E-state index in [0.29, 0.717) is 5.92 Å². The van der Waals surface area contributed by atoms with Crippen molar-refractivity contribution in [3.05, 3.63) is 36.0 Å². The fourth-order valence-electron chi connectivity index (χ4n) is 0.945. The van der Waals surface area contributed by atoms with Crippen LogP contribution in [0.1, 0.15) is 13.8 Å². The third-order valence-corrected chi connectivity index (χ3v) is 1.30. The minimum absolute atomic E-state index is 0.565. The zero-order chi connectivity index (χ0) is 6.69. The zero-order valence-electron chi connectivity index (χ0n) is 5.96. The molecule has 0 heterocycles. The predicted octanol–water partition coefficient (Wildman–Crippen LogP) is 2.69. The molecule has 48 valence electrons. The third kappa shape index (κ3) is 1.88. The second-order valence-corrected chi connectivity index (χ2v) is 2.59. The summed E-state index contributed by atoms with van der Waals surface area (Å²) in [7, 11) is 0. The van der Waals surface area contributed by atoms with Gasteiger partial charge in [-0.1, -0.05) is 36.0 Å².